The molecule has 0 radical (unpaired) electrons. The summed E-state index contributed by atoms with van der Waals surface area (Å²) in [5.41, 5.74) is 1.59. The minimum atomic E-state index is -0.222. The smallest absolute Gasteiger partial charge is 0.169 e. The number of carbonyl (C=O) groups is 1. The Morgan fingerprint density at radius 1 is 0.967 bits per heavy atom. The first-order chi connectivity index (χ1) is 14.1. The number of Topliss-reactive ketones (excluding diaryl/α,β-unsaturated/α-hetero) is 1. The monoisotopic (exact) mass is 412 g/mol. The molecule has 2 aromatic rings. The van der Waals surface area contributed by atoms with E-state index in [1.54, 1.807) is 0 Å². The average Bonchev–Trinajstić information content (AvgIpc) is 2.68. The Kier molecular flexibility index (Phi) is 8.33. The number of benzene rings is 2. The summed E-state index contributed by atoms with van der Waals surface area (Å²) in [5.74, 6) is 2.32. The van der Waals surface area contributed by atoms with Gasteiger partial charge in [0.05, 0.1) is 18.3 Å². The maximum absolute atomic E-state index is 12.6. The number of hydrogen-bond acceptors (Lipinski definition) is 4. The molecular formula is C26H36O4. The number of carbonyl (C=O) groups excluding carboxylic acids is 1. The van der Waals surface area contributed by atoms with Crippen LogP contribution in [0.5, 0.6) is 17.2 Å². The molecule has 0 bridgehead atoms. The van der Waals surface area contributed by atoms with Crippen LogP contribution in [0.4, 0.5) is 0 Å². The summed E-state index contributed by atoms with van der Waals surface area (Å²) in [6.07, 6.45) is 1.53. The van der Waals surface area contributed by atoms with Crippen LogP contribution in [0.25, 0.3) is 0 Å². The van der Waals surface area contributed by atoms with Crippen molar-refractivity contribution in [3.8, 4) is 17.2 Å². The van der Waals surface area contributed by atoms with Gasteiger partial charge in [0.25, 0.3) is 0 Å². The van der Waals surface area contributed by atoms with Crippen molar-refractivity contribution >= 4 is 5.78 Å². The zero-order valence-corrected chi connectivity index (χ0v) is 19.5. The van der Waals surface area contributed by atoms with Crippen LogP contribution >= 0.6 is 0 Å². The fraction of sp³-hybridized carbons (Fsp3) is 0.500. The number of hydrogen-bond donors (Lipinski definition) is 0. The van der Waals surface area contributed by atoms with Crippen LogP contribution in [0, 0.1) is 5.92 Å². The molecule has 0 aliphatic heterocycles. The second kappa shape index (κ2) is 10.5. The molecule has 0 aromatic heterocycles. The van der Waals surface area contributed by atoms with Crippen molar-refractivity contribution in [2.24, 2.45) is 5.92 Å². The normalized spacial score (nSPS) is 12.5. The molecule has 0 fully saturated rings. The van der Waals surface area contributed by atoms with E-state index in [1.807, 2.05) is 84.0 Å². The van der Waals surface area contributed by atoms with E-state index in [9.17, 15) is 4.79 Å². The first-order valence-electron chi connectivity index (χ1n) is 10.8. The molecule has 0 saturated heterocycles. The molecule has 1 atom stereocenters. The van der Waals surface area contributed by atoms with Gasteiger partial charge in [-0.05, 0) is 76.1 Å². The predicted molar refractivity (Wildman–Crippen MR) is 122 cm³/mol. The first-order valence-corrected chi connectivity index (χ1v) is 10.8. The van der Waals surface area contributed by atoms with Crippen LogP contribution in [0.3, 0.4) is 0 Å². The van der Waals surface area contributed by atoms with Gasteiger partial charge in [0.2, 0.25) is 0 Å². The Hall–Kier alpha value is -2.49. The van der Waals surface area contributed by atoms with Gasteiger partial charge in [0.15, 0.2) is 5.78 Å². The molecule has 30 heavy (non-hydrogen) atoms. The fourth-order valence-electron chi connectivity index (χ4n) is 2.98. The molecule has 0 aliphatic carbocycles. The molecule has 0 saturated carbocycles. The van der Waals surface area contributed by atoms with Crippen molar-refractivity contribution in [2.45, 2.75) is 73.0 Å². The van der Waals surface area contributed by atoms with Crippen molar-refractivity contribution in [3.63, 3.8) is 0 Å². The van der Waals surface area contributed by atoms with Gasteiger partial charge in [-0.2, -0.15) is 0 Å². The van der Waals surface area contributed by atoms with Crippen LogP contribution in [0.1, 0.15) is 70.8 Å². The molecule has 4 nitrogen and oxygen atoms in total. The zero-order valence-electron chi connectivity index (χ0n) is 19.5. The lowest BCUT2D eigenvalue weighted by molar-refractivity contribution is 0.0931. The van der Waals surface area contributed by atoms with Crippen molar-refractivity contribution in [1.82, 2.24) is 0 Å². The van der Waals surface area contributed by atoms with E-state index < -0.39 is 0 Å². The van der Waals surface area contributed by atoms with E-state index in [0.717, 1.165) is 23.5 Å². The van der Waals surface area contributed by atoms with Gasteiger partial charge in [0, 0.05) is 12.3 Å². The Morgan fingerprint density at radius 3 is 2.17 bits per heavy atom. The van der Waals surface area contributed by atoms with Gasteiger partial charge in [-0.15, -0.1) is 0 Å². The molecule has 0 amide bonds. The van der Waals surface area contributed by atoms with Crippen molar-refractivity contribution < 1.29 is 19.0 Å². The summed E-state index contributed by atoms with van der Waals surface area (Å²) in [7, 11) is 0. The summed E-state index contributed by atoms with van der Waals surface area (Å²) in [4.78, 5) is 12.6. The topological polar surface area (TPSA) is 44.8 Å². The summed E-state index contributed by atoms with van der Waals surface area (Å²) in [6, 6.07) is 13.6. The second-order valence-electron chi connectivity index (χ2n) is 8.95. The molecule has 2 aromatic carbocycles. The number of rotatable bonds is 10. The predicted octanol–water partition coefficient (Wildman–Crippen LogP) is 6.50. The second-order valence-corrected chi connectivity index (χ2v) is 8.95. The Labute approximate surface area is 181 Å². The molecule has 0 N–H and O–H groups in total. The molecule has 4 heteroatoms. The SMILES string of the molecule is CCc1ccc(OC(C)CCOc2ccc(OC(C)(C)C)cc2)c(C(=O)C(C)C)c1. The molecule has 164 valence electrons. The van der Waals surface area contributed by atoms with Crippen LogP contribution in [0.15, 0.2) is 42.5 Å². The van der Waals surface area contributed by atoms with Gasteiger partial charge in [0.1, 0.15) is 22.8 Å². The number of ketones is 1. The molecule has 0 heterocycles. The Balaban J connectivity index is 1.92. The molecule has 1 unspecified atom stereocenters. The van der Waals surface area contributed by atoms with Gasteiger partial charge in [-0.3, -0.25) is 4.79 Å². The summed E-state index contributed by atoms with van der Waals surface area (Å²) < 4.78 is 17.8. The van der Waals surface area contributed by atoms with E-state index in [4.69, 9.17) is 14.2 Å². The third-order valence-corrected chi connectivity index (χ3v) is 4.61. The number of ether oxygens (including phenoxy) is 3. The van der Waals surface area contributed by atoms with Gasteiger partial charge >= 0.3 is 0 Å². The largest absolute Gasteiger partial charge is 0.493 e. The molecule has 2 rings (SSSR count). The van der Waals surface area contributed by atoms with Crippen molar-refractivity contribution in [3.05, 3.63) is 53.6 Å². The quantitative estimate of drug-likeness (QED) is 0.418. The number of aryl methyl sites for hydroxylation is 1. The van der Waals surface area contributed by atoms with E-state index in [1.165, 1.54) is 0 Å². The molecular weight excluding hydrogens is 376 g/mol. The summed E-state index contributed by atoms with van der Waals surface area (Å²) >= 11 is 0. The van der Waals surface area contributed by atoms with Gasteiger partial charge < -0.3 is 14.2 Å². The fourth-order valence-corrected chi connectivity index (χ4v) is 2.98. The summed E-state index contributed by atoms with van der Waals surface area (Å²) in [5, 5.41) is 0. The highest BCUT2D eigenvalue weighted by Gasteiger charge is 2.18. The third-order valence-electron chi connectivity index (χ3n) is 4.61. The summed E-state index contributed by atoms with van der Waals surface area (Å²) in [6.45, 7) is 14.5. The molecule has 0 aliphatic rings. The minimum absolute atomic E-state index is 0.0664. The average molecular weight is 413 g/mol. The lowest BCUT2D eigenvalue weighted by Gasteiger charge is -2.21. The minimum Gasteiger partial charge on any atom is -0.493 e. The van der Waals surface area contributed by atoms with Gasteiger partial charge in [-0.1, -0.05) is 26.8 Å². The zero-order chi connectivity index (χ0) is 22.3. The highest BCUT2D eigenvalue weighted by atomic mass is 16.5. The van der Waals surface area contributed by atoms with Gasteiger partial charge in [-0.25, -0.2) is 0 Å². The molecule has 0 spiro atoms. The van der Waals surface area contributed by atoms with E-state index in [-0.39, 0.29) is 23.4 Å². The lowest BCUT2D eigenvalue weighted by atomic mass is 9.97. The van der Waals surface area contributed by atoms with E-state index in [2.05, 4.69) is 6.92 Å². The third kappa shape index (κ3) is 7.40. The Morgan fingerprint density at radius 2 is 1.60 bits per heavy atom. The lowest BCUT2D eigenvalue weighted by Crippen LogP contribution is -2.22. The highest BCUT2D eigenvalue weighted by Crippen LogP contribution is 2.26. The van der Waals surface area contributed by atoms with Crippen LogP contribution in [0.2, 0.25) is 0 Å². The Bertz CT molecular complexity index is 816. The van der Waals surface area contributed by atoms with E-state index in [0.29, 0.717) is 24.3 Å². The van der Waals surface area contributed by atoms with E-state index >= 15 is 0 Å². The maximum atomic E-state index is 12.6. The van der Waals surface area contributed by atoms with Crippen molar-refractivity contribution in [2.75, 3.05) is 6.61 Å². The standard InChI is InChI=1S/C26H36O4/c1-8-20-9-14-24(23(17-20)25(27)18(2)3)29-19(4)15-16-28-21-10-12-22(13-11-21)30-26(5,6)7/h9-14,17-19H,8,15-16H2,1-7H3. The van der Waals surface area contributed by atoms with Crippen LogP contribution in [-0.4, -0.2) is 24.1 Å². The maximum Gasteiger partial charge on any atom is 0.169 e. The first kappa shape index (κ1) is 23.8. The van der Waals surface area contributed by atoms with Crippen LogP contribution in [-0.2, 0) is 6.42 Å². The van der Waals surface area contributed by atoms with Crippen LogP contribution < -0.4 is 14.2 Å². The highest BCUT2D eigenvalue weighted by molar-refractivity contribution is 6.00. The van der Waals surface area contributed by atoms with Crippen molar-refractivity contribution in [1.29, 1.82) is 0 Å².